The average molecular weight is 440 g/mol. The molecule has 0 bridgehead atoms. The largest absolute Gasteiger partial charge is 0.480 e. The van der Waals surface area contributed by atoms with Gasteiger partial charge in [0.25, 0.3) is 5.56 Å². The SMILES string of the molecule is CCOC(=O)C1=C(C)c2c(n(CCc3ccc(C)cc3)c(=O)n(C(C)(C)C(=O)O)c2=O)C1. The molecule has 0 amide bonds. The average Bonchev–Trinajstić information content (AvgIpc) is 3.06. The number of aliphatic carboxylic acids is 1. The van der Waals surface area contributed by atoms with Gasteiger partial charge >= 0.3 is 17.6 Å². The van der Waals surface area contributed by atoms with E-state index in [2.05, 4.69) is 0 Å². The summed E-state index contributed by atoms with van der Waals surface area (Å²) in [6, 6.07) is 7.87. The normalized spacial score (nSPS) is 13.3. The first-order chi connectivity index (χ1) is 15.0. The van der Waals surface area contributed by atoms with Crippen molar-refractivity contribution in [3.63, 3.8) is 0 Å². The Labute approximate surface area is 185 Å². The molecule has 3 rings (SSSR count). The summed E-state index contributed by atoms with van der Waals surface area (Å²) in [5.74, 6) is -1.84. The van der Waals surface area contributed by atoms with E-state index in [9.17, 15) is 24.3 Å². The highest BCUT2D eigenvalue weighted by molar-refractivity contribution is 6.00. The molecule has 8 nitrogen and oxygen atoms in total. The molecular formula is C24H28N2O6. The number of hydrogen-bond acceptors (Lipinski definition) is 5. The minimum absolute atomic E-state index is 0.0900. The number of benzene rings is 1. The molecule has 2 aromatic rings. The van der Waals surface area contributed by atoms with Crippen molar-refractivity contribution < 1.29 is 19.4 Å². The van der Waals surface area contributed by atoms with Crippen molar-refractivity contribution in [2.24, 2.45) is 0 Å². The zero-order valence-electron chi connectivity index (χ0n) is 19.0. The van der Waals surface area contributed by atoms with Gasteiger partial charge in [-0.1, -0.05) is 29.8 Å². The van der Waals surface area contributed by atoms with Gasteiger partial charge in [0.1, 0.15) is 5.54 Å². The van der Waals surface area contributed by atoms with E-state index in [1.54, 1.807) is 13.8 Å². The lowest BCUT2D eigenvalue weighted by Gasteiger charge is -2.25. The molecule has 1 aromatic heterocycles. The number of esters is 1. The highest BCUT2D eigenvalue weighted by Gasteiger charge is 2.38. The smallest absolute Gasteiger partial charge is 0.334 e. The minimum Gasteiger partial charge on any atom is -0.480 e. The van der Waals surface area contributed by atoms with Crippen LogP contribution in [-0.4, -0.2) is 32.8 Å². The second-order valence-electron chi connectivity index (χ2n) is 8.50. The van der Waals surface area contributed by atoms with E-state index in [1.165, 1.54) is 18.4 Å². The van der Waals surface area contributed by atoms with E-state index in [0.29, 0.717) is 23.3 Å². The molecular weight excluding hydrogens is 412 g/mol. The molecule has 1 aromatic carbocycles. The summed E-state index contributed by atoms with van der Waals surface area (Å²) in [5, 5.41) is 9.70. The van der Waals surface area contributed by atoms with Crippen molar-refractivity contribution in [1.82, 2.24) is 9.13 Å². The number of fused-ring (bicyclic) bond motifs is 1. The Kier molecular flexibility index (Phi) is 6.25. The number of rotatable bonds is 7. The summed E-state index contributed by atoms with van der Waals surface area (Å²) < 4.78 is 7.33. The van der Waals surface area contributed by atoms with Crippen LogP contribution in [0.3, 0.4) is 0 Å². The Morgan fingerprint density at radius 3 is 2.31 bits per heavy atom. The Morgan fingerprint density at radius 1 is 1.12 bits per heavy atom. The molecule has 32 heavy (non-hydrogen) atoms. The summed E-state index contributed by atoms with van der Waals surface area (Å²) >= 11 is 0. The van der Waals surface area contributed by atoms with E-state index in [0.717, 1.165) is 15.7 Å². The first-order valence-corrected chi connectivity index (χ1v) is 10.6. The van der Waals surface area contributed by atoms with Crippen LogP contribution in [0.1, 0.15) is 50.1 Å². The number of ether oxygens (including phenoxy) is 1. The van der Waals surface area contributed by atoms with Gasteiger partial charge in [-0.05, 0) is 52.2 Å². The van der Waals surface area contributed by atoms with Crippen molar-refractivity contribution in [3.8, 4) is 0 Å². The van der Waals surface area contributed by atoms with E-state index in [-0.39, 0.29) is 25.1 Å². The highest BCUT2D eigenvalue weighted by Crippen LogP contribution is 2.31. The summed E-state index contributed by atoms with van der Waals surface area (Å²) in [6.45, 7) is 8.36. The van der Waals surface area contributed by atoms with Crippen LogP contribution in [0.15, 0.2) is 39.4 Å². The number of hydrogen-bond donors (Lipinski definition) is 1. The quantitative estimate of drug-likeness (QED) is 0.662. The molecule has 0 spiro atoms. The van der Waals surface area contributed by atoms with E-state index in [4.69, 9.17) is 4.74 Å². The zero-order valence-corrected chi connectivity index (χ0v) is 19.0. The third kappa shape index (κ3) is 3.92. The van der Waals surface area contributed by atoms with E-state index in [1.807, 2.05) is 31.2 Å². The summed E-state index contributed by atoms with van der Waals surface area (Å²) in [6.07, 6.45) is 0.596. The summed E-state index contributed by atoms with van der Waals surface area (Å²) in [7, 11) is 0. The molecule has 8 heteroatoms. The lowest BCUT2D eigenvalue weighted by Crippen LogP contribution is -2.54. The Bertz CT molecular complexity index is 1230. The monoisotopic (exact) mass is 440 g/mol. The van der Waals surface area contributed by atoms with Gasteiger partial charge in [-0.15, -0.1) is 0 Å². The number of nitrogens with zero attached hydrogens (tertiary/aromatic N) is 2. The highest BCUT2D eigenvalue weighted by atomic mass is 16.5. The first kappa shape index (κ1) is 23.2. The molecule has 170 valence electrons. The van der Waals surface area contributed by atoms with Crippen LogP contribution in [0.4, 0.5) is 0 Å². The third-order valence-corrected chi connectivity index (χ3v) is 5.97. The fraction of sp³-hybridized carbons (Fsp3) is 0.417. The van der Waals surface area contributed by atoms with E-state index >= 15 is 0 Å². The Hall–Kier alpha value is -3.42. The van der Waals surface area contributed by atoms with Crippen molar-refractivity contribution in [1.29, 1.82) is 0 Å². The van der Waals surface area contributed by atoms with Crippen molar-refractivity contribution >= 4 is 17.5 Å². The van der Waals surface area contributed by atoms with Gasteiger partial charge in [-0.3, -0.25) is 9.36 Å². The second kappa shape index (κ2) is 8.61. The number of carboxylic acid groups (broad SMARTS) is 1. The number of carbonyl (C=O) groups is 2. The number of carbonyl (C=O) groups excluding carboxylic acids is 1. The molecule has 0 saturated heterocycles. The molecule has 1 aliphatic carbocycles. The van der Waals surface area contributed by atoms with Crippen LogP contribution in [-0.2, 0) is 39.3 Å². The number of aromatic nitrogens is 2. The van der Waals surface area contributed by atoms with Crippen LogP contribution >= 0.6 is 0 Å². The van der Waals surface area contributed by atoms with Gasteiger partial charge in [0.05, 0.1) is 12.2 Å². The lowest BCUT2D eigenvalue weighted by atomic mass is 10.0. The standard InChI is InChI=1S/C24H28N2O6/c1-6-32-21(28)17-13-18-19(15(17)3)20(27)26(24(4,5)22(29)30)23(31)25(18)12-11-16-9-7-14(2)8-10-16/h7-10H,6,11-13H2,1-5H3,(H,29,30). The predicted octanol–water partition coefficient (Wildman–Crippen LogP) is 2.27. The lowest BCUT2D eigenvalue weighted by molar-refractivity contribution is -0.146. The van der Waals surface area contributed by atoms with Gasteiger partial charge in [-0.25, -0.2) is 19.0 Å². The van der Waals surface area contributed by atoms with Gasteiger partial charge in [0, 0.05) is 24.2 Å². The summed E-state index contributed by atoms with van der Waals surface area (Å²) in [5.41, 5.74) is 0.294. The van der Waals surface area contributed by atoms with Crippen LogP contribution in [0.2, 0.25) is 0 Å². The topological polar surface area (TPSA) is 108 Å². The number of aryl methyl sites for hydroxylation is 2. The first-order valence-electron chi connectivity index (χ1n) is 10.6. The van der Waals surface area contributed by atoms with Gasteiger partial charge in [0.2, 0.25) is 0 Å². The van der Waals surface area contributed by atoms with E-state index < -0.39 is 28.7 Å². The summed E-state index contributed by atoms with van der Waals surface area (Å²) in [4.78, 5) is 51.1. The molecule has 0 fully saturated rings. The molecule has 1 aliphatic rings. The third-order valence-electron chi connectivity index (χ3n) is 5.97. The maximum absolute atomic E-state index is 13.4. The molecule has 1 N–H and O–H groups in total. The van der Waals surface area contributed by atoms with Gasteiger partial charge in [-0.2, -0.15) is 0 Å². The van der Waals surface area contributed by atoms with Crippen molar-refractivity contribution in [2.45, 2.75) is 59.5 Å². The van der Waals surface area contributed by atoms with Gasteiger partial charge < -0.3 is 9.84 Å². The maximum atomic E-state index is 13.4. The molecule has 0 saturated carbocycles. The van der Waals surface area contributed by atoms with Crippen LogP contribution < -0.4 is 11.2 Å². The second-order valence-corrected chi connectivity index (χ2v) is 8.50. The Balaban J connectivity index is 2.20. The van der Waals surface area contributed by atoms with Crippen LogP contribution in [0.25, 0.3) is 5.57 Å². The van der Waals surface area contributed by atoms with Crippen LogP contribution in [0.5, 0.6) is 0 Å². The number of carboxylic acids is 1. The fourth-order valence-electron chi connectivity index (χ4n) is 3.96. The predicted molar refractivity (Wildman–Crippen MR) is 120 cm³/mol. The zero-order chi connectivity index (χ0) is 23.8. The van der Waals surface area contributed by atoms with Crippen LogP contribution in [0, 0.1) is 6.92 Å². The molecule has 0 aliphatic heterocycles. The minimum atomic E-state index is -1.76. The Morgan fingerprint density at radius 2 is 1.75 bits per heavy atom. The molecule has 0 radical (unpaired) electrons. The van der Waals surface area contributed by atoms with Crippen molar-refractivity contribution in [2.75, 3.05) is 6.61 Å². The fourth-order valence-corrected chi connectivity index (χ4v) is 3.96. The maximum Gasteiger partial charge on any atom is 0.334 e. The molecule has 0 atom stereocenters. The molecule has 1 heterocycles. The number of allylic oxidation sites excluding steroid dienone is 1. The molecule has 0 unspecified atom stereocenters. The van der Waals surface area contributed by atoms with Gasteiger partial charge in [0.15, 0.2) is 0 Å². The van der Waals surface area contributed by atoms with Crippen molar-refractivity contribution in [3.05, 3.63) is 73.1 Å².